The third-order valence-electron chi connectivity index (χ3n) is 4.53. The molecule has 2 heteroatoms. The lowest BCUT2D eigenvalue weighted by Crippen LogP contribution is -2.46. The molecule has 0 amide bonds. The molecule has 0 unspecified atom stereocenters. The molecule has 0 saturated carbocycles. The zero-order chi connectivity index (χ0) is 12.5. The van der Waals surface area contributed by atoms with Crippen molar-refractivity contribution in [3.8, 4) is 0 Å². The van der Waals surface area contributed by atoms with Gasteiger partial charge in [-0.3, -0.25) is 4.90 Å². The van der Waals surface area contributed by atoms with Crippen LogP contribution in [0, 0.1) is 0 Å². The van der Waals surface area contributed by atoms with E-state index >= 15 is 0 Å². The van der Waals surface area contributed by atoms with E-state index in [2.05, 4.69) is 29.7 Å². The Morgan fingerprint density at radius 1 is 1.39 bits per heavy atom. The first-order chi connectivity index (χ1) is 8.79. The van der Waals surface area contributed by atoms with Crippen molar-refractivity contribution in [3.05, 3.63) is 42.0 Å². The van der Waals surface area contributed by atoms with Crippen molar-refractivity contribution in [2.24, 2.45) is 0 Å². The van der Waals surface area contributed by atoms with Crippen LogP contribution in [0.15, 0.2) is 30.9 Å². The molecular formula is C16H22N2. The molecule has 1 saturated heterocycles. The van der Waals surface area contributed by atoms with Crippen LogP contribution in [0.3, 0.4) is 0 Å². The summed E-state index contributed by atoms with van der Waals surface area (Å²) in [6.45, 7) is 6.16. The number of hydrogen-bond acceptors (Lipinski definition) is 2. The summed E-state index contributed by atoms with van der Waals surface area (Å²) < 4.78 is 0. The largest absolute Gasteiger partial charge is 0.399 e. The van der Waals surface area contributed by atoms with E-state index in [0.717, 1.165) is 12.2 Å². The summed E-state index contributed by atoms with van der Waals surface area (Å²) in [5, 5.41) is 0. The van der Waals surface area contributed by atoms with E-state index in [9.17, 15) is 0 Å². The van der Waals surface area contributed by atoms with Crippen molar-refractivity contribution in [2.45, 2.75) is 37.6 Å². The summed E-state index contributed by atoms with van der Waals surface area (Å²) in [4.78, 5) is 2.61. The zero-order valence-corrected chi connectivity index (χ0v) is 10.9. The predicted molar refractivity (Wildman–Crippen MR) is 76.7 cm³/mol. The average molecular weight is 242 g/mol. The topological polar surface area (TPSA) is 29.3 Å². The van der Waals surface area contributed by atoms with E-state index < -0.39 is 0 Å². The van der Waals surface area contributed by atoms with Crippen LogP contribution in [0.25, 0.3) is 0 Å². The SMILES string of the molecule is C=CCN1CCC[C@H]2c3ccc(N)cc3CC[C@@H]21. The van der Waals surface area contributed by atoms with Gasteiger partial charge in [0.2, 0.25) is 0 Å². The van der Waals surface area contributed by atoms with Crippen LogP contribution < -0.4 is 5.73 Å². The van der Waals surface area contributed by atoms with Gasteiger partial charge in [0.25, 0.3) is 0 Å². The summed E-state index contributed by atoms with van der Waals surface area (Å²) in [6, 6.07) is 7.22. The first-order valence-electron chi connectivity index (χ1n) is 7.03. The van der Waals surface area contributed by atoms with E-state index in [-0.39, 0.29) is 0 Å². The highest BCUT2D eigenvalue weighted by Crippen LogP contribution is 2.41. The predicted octanol–water partition coefficient (Wildman–Crippen LogP) is 2.95. The number of aryl methyl sites for hydroxylation is 1. The number of nitrogen functional groups attached to an aromatic ring is 1. The van der Waals surface area contributed by atoms with Crippen LogP contribution in [0.1, 0.15) is 36.3 Å². The van der Waals surface area contributed by atoms with Crippen molar-refractivity contribution in [1.29, 1.82) is 0 Å². The molecule has 96 valence electrons. The highest BCUT2D eigenvalue weighted by molar-refractivity contribution is 5.47. The van der Waals surface area contributed by atoms with Crippen LogP contribution in [0.4, 0.5) is 5.69 Å². The van der Waals surface area contributed by atoms with Gasteiger partial charge >= 0.3 is 0 Å². The van der Waals surface area contributed by atoms with Gasteiger partial charge in [-0.05, 0) is 61.4 Å². The number of hydrogen-bond donors (Lipinski definition) is 1. The molecule has 1 fully saturated rings. The molecule has 0 aromatic heterocycles. The quantitative estimate of drug-likeness (QED) is 0.638. The molecule has 0 radical (unpaired) electrons. The molecule has 1 aliphatic heterocycles. The summed E-state index contributed by atoms with van der Waals surface area (Å²) in [6.07, 6.45) is 7.12. The number of benzene rings is 1. The van der Waals surface area contributed by atoms with E-state index in [4.69, 9.17) is 5.73 Å². The second kappa shape index (κ2) is 4.77. The molecule has 1 aromatic carbocycles. The Balaban J connectivity index is 1.91. The van der Waals surface area contributed by atoms with Crippen molar-refractivity contribution < 1.29 is 0 Å². The number of nitrogens with zero attached hydrogens (tertiary/aromatic N) is 1. The lowest BCUT2D eigenvalue weighted by molar-refractivity contribution is 0.126. The molecule has 2 N–H and O–H groups in total. The Kier molecular flexibility index (Phi) is 3.13. The summed E-state index contributed by atoms with van der Waals surface area (Å²) >= 11 is 0. The van der Waals surface area contributed by atoms with Gasteiger partial charge in [0.1, 0.15) is 0 Å². The molecule has 0 bridgehead atoms. The number of fused-ring (bicyclic) bond motifs is 3. The second-order valence-electron chi connectivity index (χ2n) is 5.60. The maximum absolute atomic E-state index is 5.90. The Morgan fingerprint density at radius 2 is 2.28 bits per heavy atom. The monoisotopic (exact) mass is 242 g/mol. The number of rotatable bonds is 2. The fourth-order valence-electron chi connectivity index (χ4n) is 3.77. The van der Waals surface area contributed by atoms with Gasteiger partial charge in [-0.1, -0.05) is 12.1 Å². The Hall–Kier alpha value is -1.28. The number of nitrogens with two attached hydrogens (primary N) is 1. The van der Waals surface area contributed by atoms with Crippen LogP contribution in [0.5, 0.6) is 0 Å². The van der Waals surface area contributed by atoms with E-state index in [0.29, 0.717) is 12.0 Å². The van der Waals surface area contributed by atoms with E-state index in [1.165, 1.54) is 37.8 Å². The normalized spacial score (nSPS) is 27.3. The first-order valence-corrected chi connectivity index (χ1v) is 7.03. The smallest absolute Gasteiger partial charge is 0.0316 e. The molecule has 2 nitrogen and oxygen atoms in total. The van der Waals surface area contributed by atoms with Crippen LogP contribution >= 0.6 is 0 Å². The van der Waals surface area contributed by atoms with Gasteiger partial charge in [0.05, 0.1) is 0 Å². The van der Waals surface area contributed by atoms with Crippen molar-refractivity contribution in [2.75, 3.05) is 18.8 Å². The van der Waals surface area contributed by atoms with Crippen LogP contribution in [-0.2, 0) is 6.42 Å². The molecule has 1 aromatic rings. The van der Waals surface area contributed by atoms with Gasteiger partial charge in [0, 0.05) is 18.3 Å². The fraction of sp³-hybridized carbons (Fsp3) is 0.500. The van der Waals surface area contributed by atoms with Crippen molar-refractivity contribution in [1.82, 2.24) is 4.90 Å². The number of anilines is 1. The second-order valence-corrected chi connectivity index (χ2v) is 5.60. The minimum Gasteiger partial charge on any atom is -0.399 e. The minimum absolute atomic E-state index is 0.711. The lowest BCUT2D eigenvalue weighted by atomic mass is 9.74. The minimum atomic E-state index is 0.711. The van der Waals surface area contributed by atoms with Gasteiger partial charge in [-0.25, -0.2) is 0 Å². The fourth-order valence-corrected chi connectivity index (χ4v) is 3.77. The molecule has 2 aliphatic rings. The van der Waals surface area contributed by atoms with Crippen molar-refractivity contribution in [3.63, 3.8) is 0 Å². The Bertz CT molecular complexity index is 452. The average Bonchev–Trinajstić information content (AvgIpc) is 2.38. The molecule has 3 rings (SSSR count). The zero-order valence-electron chi connectivity index (χ0n) is 10.9. The maximum Gasteiger partial charge on any atom is 0.0316 e. The molecule has 18 heavy (non-hydrogen) atoms. The lowest BCUT2D eigenvalue weighted by Gasteiger charge is -2.44. The first kappa shape index (κ1) is 11.8. The third kappa shape index (κ3) is 1.95. The van der Waals surface area contributed by atoms with Crippen LogP contribution in [-0.4, -0.2) is 24.0 Å². The molecule has 1 aliphatic carbocycles. The molecule has 1 heterocycles. The summed E-state index contributed by atoms with van der Waals surface area (Å²) in [5.41, 5.74) is 9.84. The van der Waals surface area contributed by atoms with E-state index in [1.54, 1.807) is 5.56 Å². The van der Waals surface area contributed by atoms with E-state index in [1.807, 2.05) is 6.08 Å². The number of piperidine rings is 1. The molecule has 2 atom stereocenters. The summed E-state index contributed by atoms with van der Waals surface area (Å²) in [7, 11) is 0. The van der Waals surface area contributed by atoms with Gasteiger partial charge < -0.3 is 5.73 Å². The number of likely N-dealkylation sites (tertiary alicyclic amines) is 1. The maximum atomic E-state index is 5.90. The molecule has 0 spiro atoms. The Morgan fingerprint density at radius 3 is 3.11 bits per heavy atom. The van der Waals surface area contributed by atoms with Crippen LogP contribution in [0.2, 0.25) is 0 Å². The summed E-state index contributed by atoms with van der Waals surface area (Å²) in [5.74, 6) is 0.711. The van der Waals surface area contributed by atoms with Gasteiger partial charge in [-0.2, -0.15) is 0 Å². The standard InChI is InChI=1S/C16H22N2/c1-2-9-18-10-3-4-15-14-7-6-13(17)11-12(14)5-8-16(15)18/h2,6-7,11,15-16H,1,3-5,8-10,17H2/t15-,16-/m0/s1. The molecular weight excluding hydrogens is 220 g/mol. The highest BCUT2D eigenvalue weighted by atomic mass is 15.2. The van der Waals surface area contributed by atoms with Gasteiger partial charge in [0.15, 0.2) is 0 Å². The van der Waals surface area contributed by atoms with Crippen molar-refractivity contribution >= 4 is 5.69 Å². The Labute approximate surface area is 109 Å². The van der Waals surface area contributed by atoms with Gasteiger partial charge in [-0.15, -0.1) is 6.58 Å². The third-order valence-corrected chi connectivity index (χ3v) is 4.53. The highest BCUT2D eigenvalue weighted by Gasteiger charge is 2.35.